The standard InChI is InChI=1S/C11H20N2O3/c1-3-5-8(6-7-10(14)15)13-9(4-2)11(12)16/h3,8-9,13H,1,4-7H2,2H3,(H2,12,16)(H,14,15)/t8-,9?/m1/s1. The van der Waals surface area contributed by atoms with Crippen LogP contribution in [0.1, 0.15) is 32.6 Å². The van der Waals surface area contributed by atoms with Gasteiger partial charge < -0.3 is 16.2 Å². The van der Waals surface area contributed by atoms with Gasteiger partial charge in [0.2, 0.25) is 5.91 Å². The molecular weight excluding hydrogens is 208 g/mol. The molecule has 0 spiro atoms. The van der Waals surface area contributed by atoms with E-state index >= 15 is 0 Å². The highest BCUT2D eigenvalue weighted by atomic mass is 16.4. The molecule has 0 aliphatic carbocycles. The molecule has 0 saturated heterocycles. The molecule has 5 heteroatoms. The molecule has 0 aliphatic rings. The number of carbonyl (C=O) groups excluding carboxylic acids is 1. The van der Waals surface area contributed by atoms with Crippen LogP contribution in [0.3, 0.4) is 0 Å². The Hall–Kier alpha value is -1.36. The molecule has 16 heavy (non-hydrogen) atoms. The summed E-state index contributed by atoms with van der Waals surface area (Å²) in [7, 11) is 0. The number of hydrogen-bond acceptors (Lipinski definition) is 3. The van der Waals surface area contributed by atoms with E-state index < -0.39 is 17.9 Å². The van der Waals surface area contributed by atoms with Crippen LogP contribution >= 0.6 is 0 Å². The van der Waals surface area contributed by atoms with Gasteiger partial charge in [-0.3, -0.25) is 9.59 Å². The lowest BCUT2D eigenvalue weighted by Gasteiger charge is -2.21. The van der Waals surface area contributed by atoms with Gasteiger partial charge >= 0.3 is 5.97 Å². The predicted octanol–water partition coefficient (Wildman–Crippen LogP) is 0.649. The van der Waals surface area contributed by atoms with E-state index in [0.29, 0.717) is 19.3 Å². The lowest BCUT2D eigenvalue weighted by Crippen LogP contribution is -2.46. The van der Waals surface area contributed by atoms with Crippen molar-refractivity contribution >= 4 is 11.9 Å². The van der Waals surface area contributed by atoms with Crippen molar-refractivity contribution in [1.29, 1.82) is 0 Å². The number of nitrogens with two attached hydrogens (primary N) is 1. The topological polar surface area (TPSA) is 92.4 Å². The second kappa shape index (κ2) is 7.87. The highest BCUT2D eigenvalue weighted by Crippen LogP contribution is 2.05. The minimum absolute atomic E-state index is 0.0638. The van der Waals surface area contributed by atoms with Gasteiger partial charge in [-0.2, -0.15) is 0 Å². The zero-order valence-corrected chi connectivity index (χ0v) is 9.61. The van der Waals surface area contributed by atoms with Crippen LogP contribution in [0, 0.1) is 0 Å². The Morgan fingerprint density at radius 2 is 2.19 bits per heavy atom. The van der Waals surface area contributed by atoms with Crippen molar-refractivity contribution in [3.8, 4) is 0 Å². The molecule has 0 rings (SSSR count). The molecule has 1 unspecified atom stereocenters. The van der Waals surface area contributed by atoms with E-state index in [1.54, 1.807) is 6.08 Å². The summed E-state index contributed by atoms with van der Waals surface area (Å²) in [5.41, 5.74) is 5.20. The molecule has 4 N–H and O–H groups in total. The highest BCUT2D eigenvalue weighted by Gasteiger charge is 2.17. The van der Waals surface area contributed by atoms with E-state index in [4.69, 9.17) is 10.8 Å². The molecule has 92 valence electrons. The second-order valence-corrected chi connectivity index (χ2v) is 3.68. The monoisotopic (exact) mass is 228 g/mol. The first-order valence-electron chi connectivity index (χ1n) is 5.39. The number of rotatable bonds is 9. The van der Waals surface area contributed by atoms with Crippen molar-refractivity contribution in [2.24, 2.45) is 5.73 Å². The van der Waals surface area contributed by atoms with Crippen molar-refractivity contribution in [2.75, 3.05) is 0 Å². The molecule has 0 bridgehead atoms. The lowest BCUT2D eigenvalue weighted by molar-refractivity contribution is -0.137. The van der Waals surface area contributed by atoms with Crippen LogP contribution in [0.5, 0.6) is 0 Å². The Kier molecular flexibility index (Phi) is 7.20. The first-order valence-corrected chi connectivity index (χ1v) is 5.39. The molecule has 0 saturated carbocycles. The van der Waals surface area contributed by atoms with Gasteiger partial charge in [-0.15, -0.1) is 6.58 Å². The van der Waals surface area contributed by atoms with E-state index in [0.717, 1.165) is 0 Å². The number of carboxylic acid groups (broad SMARTS) is 1. The molecule has 0 aliphatic heterocycles. The van der Waals surface area contributed by atoms with E-state index in [1.807, 2.05) is 6.92 Å². The normalized spacial score (nSPS) is 14.1. The summed E-state index contributed by atoms with van der Waals surface area (Å²) in [6.45, 7) is 5.45. The number of amides is 1. The van der Waals surface area contributed by atoms with Crippen molar-refractivity contribution in [1.82, 2.24) is 5.32 Å². The fourth-order valence-corrected chi connectivity index (χ4v) is 1.45. The number of nitrogens with one attached hydrogen (secondary N) is 1. The van der Waals surface area contributed by atoms with Gasteiger partial charge in [0.1, 0.15) is 0 Å². The Balaban J connectivity index is 4.23. The van der Waals surface area contributed by atoms with E-state index in [-0.39, 0.29) is 12.5 Å². The fraction of sp³-hybridized carbons (Fsp3) is 0.636. The maximum Gasteiger partial charge on any atom is 0.303 e. The van der Waals surface area contributed by atoms with Gasteiger partial charge in [0, 0.05) is 12.5 Å². The highest BCUT2D eigenvalue weighted by molar-refractivity contribution is 5.79. The summed E-state index contributed by atoms with van der Waals surface area (Å²) in [6, 6.07) is -0.468. The molecule has 0 fully saturated rings. The zero-order chi connectivity index (χ0) is 12.6. The Bertz CT molecular complexity index is 254. The summed E-state index contributed by atoms with van der Waals surface area (Å²) in [5.74, 6) is -1.25. The van der Waals surface area contributed by atoms with Gasteiger partial charge in [0.05, 0.1) is 6.04 Å². The Morgan fingerprint density at radius 3 is 2.56 bits per heavy atom. The van der Waals surface area contributed by atoms with Crippen LogP contribution < -0.4 is 11.1 Å². The molecule has 1 amide bonds. The summed E-state index contributed by atoms with van der Waals surface area (Å²) in [6.07, 6.45) is 3.45. The summed E-state index contributed by atoms with van der Waals surface area (Å²) >= 11 is 0. The van der Waals surface area contributed by atoms with E-state index in [2.05, 4.69) is 11.9 Å². The first-order chi connectivity index (χ1) is 7.51. The molecule has 0 aromatic rings. The number of aliphatic carboxylic acids is 1. The van der Waals surface area contributed by atoms with Gasteiger partial charge in [0.25, 0.3) is 0 Å². The lowest BCUT2D eigenvalue weighted by atomic mass is 10.1. The number of carbonyl (C=O) groups is 2. The summed E-state index contributed by atoms with van der Waals surface area (Å²) in [4.78, 5) is 21.5. The third-order valence-corrected chi connectivity index (χ3v) is 2.35. The van der Waals surface area contributed by atoms with Crippen molar-refractivity contribution in [2.45, 2.75) is 44.7 Å². The van der Waals surface area contributed by atoms with Crippen LogP contribution in [0.4, 0.5) is 0 Å². The maximum absolute atomic E-state index is 11.0. The molecular formula is C11H20N2O3. The molecule has 0 aromatic heterocycles. The van der Waals surface area contributed by atoms with E-state index in [1.165, 1.54) is 0 Å². The maximum atomic E-state index is 11.0. The van der Waals surface area contributed by atoms with Gasteiger partial charge in [-0.25, -0.2) is 0 Å². The largest absolute Gasteiger partial charge is 0.481 e. The Labute approximate surface area is 95.7 Å². The summed E-state index contributed by atoms with van der Waals surface area (Å²) < 4.78 is 0. The van der Waals surface area contributed by atoms with E-state index in [9.17, 15) is 9.59 Å². The molecule has 2 atom stereocenters. The first kappa shape index (κ1) is 14.6. The van der Waals surface area contributed by atoms with Crippen LogP contribution in [0.2, 0.25) is 0 Å². The minimum Gasteiger partial charge on any atom is -0.481 e. The quantitative estimate of drug-likeness (QED) is 0.505. The van der Waals surface area contributed by atoms with Crippen molar-refractivity contribution in [3.05, 3.63) is 12.7 Å². The number of carboxylic acids is 1. The number of hydrogen-bond donors (Lipinski definition) is 3. The van der Waals surface area contributed by atoms with Gasteiger partial charge in [-0.05, 0) is 19.3 Å². The average molecular weight is 228 g/mol. The molecule has 0 heterocycles. The summed E-state index contributed by atoms with van der Waals surface area (Å²) in [5, 5.41) is 11.6. The second-order valence-electron chi connectivity index (χ2n) is 3.68. The zero-order valence-electron chi connectivity index (χ0n) is 9.61. The molecule has 5 nitrogen and oxygen atoms in total. The third-order valence-electron chi connectivity index (χ3n) is 2.35. The predicted molar refractivity (Wildman–Crippen MR) is 61.9 cm³/mol. The van der Waals surface area contributed by atoms with Crippen LogP contribution in [0.15, 0.2) is 12.7 Å². The van der Waals surface area contributed by atoms with Crippen molar-refractivity contribution in [3.63, 3.8) is 0 Å². The number of primary amides is 1. The minimum atomic E-state index is -0.844. The van der Waals surface area contributed by atoms with Crippen LogP contribution in [-0.2, 0) is 9.59 Å². The molecule has 0 radical (unpaired) electrons. The third kappa shape index (κ3) is 6.19. The smallest absolute Gasteiger partial charge is 0.303 e. The van der Waals surface area contributed by atoms with Crippen molar-refractivity contribution < 1.29 is 14.7 Å². The Morgan fingerprint density at radius 1 is 1.56 bits per heavy atom. The van der Waals surface area contributed by atoms with Gasteiger partial charge in [0.15, 0.2) is 0 Å². The average Bonchev–Trinajstić information content (AvgIpc) is 2.21. The van der Waals surface area contributed by atoms with Gasteiger partial charge in [-0.1, -0.05) is 13.0 Å². The van der Waals surface area contributed by atoms with Crippen LogP contribution in [0.25, 0.3) is 0 Å². The molecule has 0 aromatic carbocycles. The fourth-order valence-electron chi connectivity index (χ4n) is 1.45. The van der Waals surface area contributed by atoms with Crippen LogP contribution in [-0.4, -0.2) is 29.1 Å². The SMILES string of the molecule is C=CC[C@H](CCC(=O)O)NC(CC)C(N)=O.